The first-order chi connectivity index (χ1) is 13.8. The second-order valence-electron chi connectivity index (χ2n) is 7.13. The van der Waals surface area contributed by atoms with Crippen LogP contribution in [0, 0.1) is 0 Å². The molecule has 0 radical (unpaired) electrons. The molecule has 2 aromatic heterocycles. The highest BCUT2D eigenvalue weighted by atomic mass is 79.9. The van der Waals surface area contributed by atoms with E-state index < -0.39 is 17.8 Å². The number of aromatic nitrogens is 3. The van der Waals surface area contributed by atoms with E-state index in [-0.39, 0.29) is 22.9 Å². The molecule has 1 saturated carbocycles. The van der Waals surface area contributed by atoms with Crippen LogP contribution in [-0.2, 0) is 6.18 Å². The van der Waals surface area contributed by atoms with Gasteiger partial charge in [0.15, 0.2) is 11.3 Å². The fraction of sp³-hybridized carbons (Fsp3) is 0.350. The Morgan fingerprint density at radius 3 is 2.48 bits per heavy atom. The molecule has 0 spiro atoms. The van der Waals surface area contributed by atoms with Gasteiger partial charge < -0.3 is 5.32 Å². The number of nitrogens with zero attached hydrogens (tertiary/aromatic N) is 3. The van der Waals surface area contributed by atoms with Crippen LogP contribution in [0.3, 0.4) is 0 Å². The minimum absolute atomic E-state index is 0.0305. The molecular weight excluding hydrogens is 449 g/mol. The van der Waals surface area contributed by atoms with Gasteiger partial charge in [-0.05, 0) is 31.0 Å². The quantitative estimate of drug-likeness (QED) is 0.573. The number of alkyl halides is 3. The molecule has 4 rings (SSSR count). The number of carbonyl (C=O) groups is 1. The molecule has 1 amide bonds. The molecule has 0 unspecified atom stereocenters. The van der Waals surface area contributed by atoms with Gasteiger partial charge in [-0.3, -0.25) is 4.79 Å². The number of amides is 1. The maximum Gasteiger partial charge on any atom is 0.433 e. The van der Waals surface area contributed by atoms with Crippen LogP contribution in [0.2, 0.25) is 0 Å². The summed E-state index contributed by atoms with van der Waals surface area (Å²) < 4.78 is 42.5. The van der Waals surface area contributed by atoms with Gasteiger partial charge in [0, 0.05) is 16.1 Å². The molecule has 9 heteroatoms. The number of halogens is 4. The molecule has 0 aliphatic heterocycles. The molecule has 1 aliphatic rings. The molecule has 1 N–H and O–H groups in total. The largest absolute Gasteiger partial charge is 0.433 e. The summed E-state index contributed by atoms with van der Waals surface area (Å²) in [6, 6.07) is 7.76. The summed E-state index contributed by atoms with van der Waals surface area (Å²) in [5.41, 5.74) is -0.395. The fourth-order valence-electron chi connectivity index (χ4n) is 3.60. The van der Waals surface area contributed by atoms with Gasteiger partial charge in [-0.1, -0.05) is 47.3 Å². The molecule has 0 bridgehead atoms. The van der Waals surface area contributed by atoms with Gasteiger partial charge in [-0.15, -0.1) is 0 Å². The molecule has 29 heavy (non-hydrogen) atoms. The summed E-state index contributed by atoms with van der Waals surface area (Å²) in [7, 11) is 0. The summed E-state index contributed by atoms with van der Waals surface area (Å²) in [5.74, 6) is -0.444. The third-order valence-corrected chi connectivity index (χ3v) is 5.62. The number of hydrogen-bond donors (Lipinski definition) is 1. The van der Waals surface area contributed by atoms with Crippen molar-refractivity contribution < 1.29 is 18.0 Å². The Morgan fingerprint density at radius 1 is 1.14 bits per heavy atom. The zero-order valence-corrected chi connectivity index (χ0v) is 16.9. The van der Waals surface area contributed by atoms with Gasteiger partial charge in [0.25, 0.3) is 5.91 Å². The van der Waals surface area contributed by atoms with Crippen molar-refractivity contribution in [1.29, 1.82) is 0 Å². The summed E-state index contributed by atoms with van der Waals surface area (Å²) in [6.07, 6.45) is 1.45. The van der Waals surface area contributed by atoms with Crippen LogP contribution in [-0.4, -0.2) is 26.5 Å². The van der Waals surface area contributed by atoms with E-state index in [1.54, 1.807) is 24.3 Å². The van der Waals surface area contributed by atoms with E-state index in [0.29, 0.717) is 10.1 Å². The first-order valence-electron chi connectivity index (χ1n) is 9.36. The van der Waals surface area contributed by atoms with E-state index in [4.69, 9.17) is 0 Å². The Balaban J connectivity index is 1.79. The molecule has 1 fully saturated rings. The lowest BCUT2D eigenvalue weighted by Gasteiger charge is -2.22. The van der Waals surface area contributed by atoms with E-state index in [0.717, 1.165) is 48.8 Å². The minimum Gasteiger partial charge on any atom is -0.349 e. The van der Waals surface area contributed by atoms with Crippen LogP contribution < -0.4 is 5.32 Å². The Kier molecular flexibility index (Phi) is 5.33. The lowest BCUT2D eigenvalue weighted by atomic mass is 9.95. The molecule has 2 heterocycles. The average molecular weight is 467 g/mol. The Bertz CT molecular complexity index is 1040. The number of hydrogen-bond acceptors (Lipinski definition) is 3. The monoisotopic (exact) mass is 466 g/mol. The summed E-state index contributed by atoms with van der Waals surface area (Å²) in [6.45, 7) is 0. The lowest BCUT2D eigenvalue weighted by molar-refractivity contribution is -0.142. The van der Waals surface area contributed by atoms with E-state index in [9.17, 15) is 18.0 Å². The minimum atomic E-state index is -4.64. The number of carbonyl (C=O) groups excluding carboxylic acids is 1. The molecule has 152 valence electrons. The smallest absolute Gasteiger partial charge is 0.349 e. The molecule has 1 aromatic carbocycles. The molecule has 5 nitrogen and oxygen atoms in total. The second kappa shape index (κ2) is 7.78. The molecule has 3 aromatic rings. The number of nitrogens with one attached hydrogen (secondary N) is 1. The van der Waals surface area contributed by atoms with Crippen molar-refractivity contribution in [2.75, 3.05) is 0 Å². The van der Waals surface area contributed by atoms with Crippen LogP contribution in [0.4, 0.5) is 13.2 Å². The van der Waals surface area contributed by atoms with Crippen LogP contribution in [0.15, 0.2) is 41.0 Å². The van der Waals surface area contributed by atoms with Crippen LogP contribution in [0.25, 0.3) is 16.9 Å². The van der Waals surface area contributed by atoms with Crippen molar-refractivity contribution in [1.82, 2.24) is 19.9 Å². The van der Waals surface area contributed by atoms with Crippen molar-refractivity contribution in [2.45, 2.75) is 44.3 Å². The maximum atomic E-state index is 13.7. The van der Waals surface area contributed by atoms with Crippen molar-refractivity contribution in [2.24, 2.45) is 0 Å². The standard InChI is InChI=1S/C20H18BrF3N4O/c21-13-8-6-12(7-9-13)16-10-17(20(22,23)24)28-18(27-16)15(11-25-28)19(29)26-14-4-2-1-3-5-14/h6-11,14H,1-5H2,(H,26,29). The van der Waals surface area contributed by atoms with E-state index in [1.807, 2.05) is 0 Å². The third-order valence-electron chi connectivity index (χ3n) is 5.09. The third kappa shape index (κ3) is 4.14. The van der Waals surface area contributed by atoms with Gasteiger partial charge in [-0.25, -0.2) is 9.50 Å². The highest BCUT2D eigenvalue weighted by molar-refractivity contribution is 9.10. The van der Waals surface area contributed by atoms with E-state index >= 15 is 0 Å². The summed E-state index contributed by atoms with van der Waals surface area (Å²) in [5, 5.41) is 6.73. The predicted octanol–water partition coefficient (Wildman–Crippen LogP) is 5.24. The summed E-state index contributed by atoms with van der Waals surface area (Å²) in [4.78, 5) is 17.1. The van der Waals surface area contributed by atoms with Gasteiger partial charge in [0.05, 0.1) is 11.9 Å². The van der Waals surface area contributed by atoms with Crippen molar-refractivity contribution >= 4 is 27.5 Å². The van der Waals surface area contributed by atoms with Gasteiger partial charge in [0.1, 0.15) is 5.56 Å². The second-order valence-corrected chi connectivity index (χ2v) is 8.05. The van der Waals surface area contributed by atoms with Crippen molar-refractivity contribution in [3.05, 3.63) is 52.3 Å². The molecule has 1 aliphatic carbocycles. The Morgan fingerprint density at radius 2 is 1.83 bits per heavy atom. The first kappa shape index (κ1) is 19.9. The summed E-state index contributed by atoms with van der Waals surface area (Å²) >= 11 is 3.31. The van der Waals surface area contributed by atoms with Crippen molar-refractivity contribution in [3.8, 4) is 11.3 Å². The Labute approximate surface area is 173 Å². The number of benzene rings is 1. The average Bonchev–Trinajstić information content (AvgIpc) is 3.12. The SMILES string of the molecule is O=C(NC1CCCCC1)c1cnn2c(C(F)(F)F)cc(-c3ccc(Br)cc3)nc12. The normalized spacial score (nSPS) is 15.6. The van der Waals surface area contributed by atoms with Crippen molar-refractivity contribution in [3.63, 3.8) is 0 Å². The predicted molar refractivity (Wildman–Crippen MR) is 105 cm³/mol. The topological polar surface area (TPSA) is 59.3 Å². The van der Waals surface area contributed by atoms with Crippen LogP contribution in [0.1, 0.15) is 48.2 Å². The highest BCUT2D eigenvalue weighted by Gasteiger charge is 2.36. The fourth-order valence-corrected chi connectivity index (χ4v) is 3.87. The maximum absolute atomic E-state index is 13.7. The van der Waals surface area contributed by atoms with Crippen LogP contribution in [0.5, 0.6) is 0 Å². The van der Waals surface area contributed by atoms with Gasteiger partial charge in [-0.2, -0.15) is 18.3 Å². The number of rotatable bonds is 3. The number of fused-ring (bicyclic) bond motifs is 1. The zero-order valence-electron chi connectivity index (χ0n) is 15.3. The van der Waals surface area contributed by atoms with E-state index in [2.05, 4.69) is 31.3 Å². The Hall–Kier alpha value is -2.42. The lowest BCUT2D eigenvalue weighted by Crippen LogP contribution is -2.36. The first-order valence-corrected chi connectivity index (χ1v) is 10.1. The van der Waals surface area contributed by atoms with Gasteiger partial charge >= 0.3 is 6.18 Å². The van der Waals surface area contributed by atoms with Gasteiger partial charge in [0.2, 0.25) is 0 Å². The van der Waals surface area contributed by atoms with E-state index in [1.165, 1.54) is 0 Å². The molecule has 0 saturated heterocycles. The highest BCUT2D eigenvalue weighted by Crippen LogP contribution is 2.33. The van der Waals surface area contributed by atoms with Crippen LogP contribution >= 0.6 is 15.9 Å². The molecule has 0 atom stereocenters. The zero-order chi connectivity index (χ0) is 20.6. The molecular formula is C20H18BrF3N4O.